The fourth-order valence-electron chi connectivity index (χ4n) is 4.65. The first kappa shape index (κ1) is 16.1. The highest BCUT2D eigenvalue weighted by molar-refractivity contribution is 7.17. The Morgan fingerprint density at radius 1 is 1.12 bits per heavy atom. The van der Waals surface area contributed by atoms with E-state index in [1.54, 1.807) is 0 Å². The van der Waals surface area contributed by atoms with Crippen molar-refractivity contribution >= 4 is 32.3 Å². The molecule has 0 N–H and O–H groups in total. The molecular formula is C23H24N2S. The number of thiophene rings is 1. The molecule has 5 rings (SSSR count). The first-order valence-electron chi connectivity index (χ1n) is 9.60. The fourth-order valence-corrected chi connectivity index (χ4v) is 5.62. The van der Waals surface area contributed by atoms with Crippen LogP contribution in [0.2, 0.25) is 0 Å². The second-order valence-electron chi connectivity index (χ2n) is 8.07. The first-order chi connectivity index (χ1) is 12.7. The molecule has 3 heteroatoms. The summed E-state index contributed by atoms with van der Waals surface area (Å²) in [6.07, 6.45) is 7.45. The molecule has 1 aliphatic rings. The summed E-state index contributed by atoms with van der Waals surface area (Å²) < 4.78 is 3.45. The van der Waals surface area contributed by atoms with Crippen molar-refractivity contribution in [3.63, 3.8) is 0 Å². The monoisotopic (exact) mass is 360 g/mol. The van der Waals surface area contributed by atoms with Crippen molar-refractivity contribution in [1.29, 1.82) is 0 Å². The largest absolute Gasteiger partial charge is 0.232 e. The molecule has 0 amide bonds. The minimum Gasteiger partial charge on any atom is -0.232 e. The van der Waals surface area contributed by atoms with Crippen molar-refractivity contribution < 1.29 is 0 Å². The molecule has 2 aromatic carbocycles. The van der Waals surface area contributed by atoms with Gasteiger partial charge in [0.05, 0.1) is 17.4 Å². The summed E-state index contributed by atoms with van der Waals surface area (Å²) in [6, 6.07) is 15.5. The Morgan fingerprint density at radius 3 is 2.77 bits per heavy atom. The highest BCUT2D eigenvalue weighted by atomic mass is 32.1. The van der Waals surface area contributed by atoms with Gasteiger partial charge in [-0.25, -0.2) is 4.68 Å². The van der Waals surface area contributed by atoms with Gasteiger partial charge in [-0.05, 0) is 41.9 Å². The highest BCUT2D eigenvalue weighted by Gasteiger charge is 2.35. The summed E-state index contributed by atoms with van der Waals surface area (Å²) in [7, 11) is 0. The lowest BCUT2D eigenvalue weighted by atomic mass is 9.73. The van der Waals surface area contributed by atoms with Gasteiger partial charge in [0, 0.05) is 20.9 Å². The van der Waals surface area contributed by atoms with Crippen LogP contribution in [0.1, 0.15) is 51.0 Å². The summed E-state index contributed by atoms with van der Waals surface area (Å²) in [5.74, 6) is 0.616. The van der Waals surface area contributed by atoms with Crippen LogP contribution in [0.5, 0.6) is 0 Å². The molecule has 0 spiro atoms. The molecule has 26 heavy (non-hydrogen) atoms. The molecule has 4 aromatic rings. The van der Waals surface area contributed by atoms with E-state index in [0.717, 1.165) is 0 Å². The third-order valence-corrected chi connectivity index (χ3v) is 7.51. The summed E-state index contributed by atoms with van der Waals surface area (Å²) in [4.78, 5) is 0. The van der Waals surface area contributed by atoms with Crippen molar-refractivity contribution in [3.05, 3.63) is 59.6 Å². The average molecular weight is 361 g/mol. The van der Waals surface area contributed by atoms with Gasteiger partial charge in [-0.3, -0.25) is 0 Å². The Labute approximate surface area is 158 Å². The Kier molecular flexibility index (Phi) is 3.68. The van der Waals surface area contributed by atoms with Crippen LogP contribution in [0.3, 0.4) is 0 Å². The predicted octanol–water partition coefficient (Wildman–Crippen LogP) is 6.92. The zero-order chi connectivity index (χ0) is 17.7. The minimum absolute atomic E-state index is 0.464. The zero-order valence-corrected chi connectivity index (χ0v) is 16.2. The maximum atomic E-state index is 4.64. The third-order valence-electron chi connectivity index (χ3n) is 6.58. The summed E-state index contributed by atoms with van der Waals surface area (Å²) in [5.41, 5.74) is 4.31. The summed E-state index contributed by atoms with van der Waals surface area (Å²) in [5, 5.41) is 9.38. The van der Waals surface area contributed by atoms with Gasteiger partial charge < -0.3 is 0 Å². The number of para-hydroxylation sites is 1. The lowest BCUT2D eigenvalue weighted by molar-refractivity contribution is 0.276. The van der Waals surface area contributed by atoms with E-state index >= 15 is 0 Å². The molecule has 1 atom stereocenters. The van der Waals surface area contributed by atoms with Gasteiger partial charge in [0.15, 0.2) is 0 Å². The Bertz CT molecular complexity index is 1080. The number of nitrogens with zero attached hydrogens (tertiary/aromatic N) is 2. The van der Waals surface area contributed by atoms with Gasteiger partial charge in [-0.15, -0.1) is 11.3 Å². The van der Waals surface area contributed by atoms with Crippen LogP contribution in [0.15, 0.2) is 54.0 Å². The second kappa shape index (κ2) is 5.95. The number of fused-ring (bicyclic) bond motifs is 2. The summed E-state index contributed by atoms with van der Waals surface area (Å²) in [6.45, 7) is 4.90. The molecule has 1 fully saturated rings. The topological polar surface area (TPSA) is 17.8 Å². The normalized spacial score (nSPS) is 17.9. The van der Waals surface area contributed by atoms with E-state index in [-0.39, 0.29) is 0 Å². The minimum atomic E-state index is 0.464. The van der Waals surface area contributed by atoms with E-state index in [2.05, 4.69) is 71.5 Å². The SMILES string of the molecule is CC(c1ccc2c(-n3ncc4ccccc43)csc2c1)C1(C)CCCC1. The molecule has 0 aliphatic heterocycles. The standard InChI is InChI=1S/C23H24N2S/c1-16(23(2)11-5-6-12-23)17-9-10-19-21(15-26-22(19)13-17)25-20-8-4-3-7-18(20)14-24-25/h3-4,7-10,13-16H,5-6,11-12H2,1-2H3. The van der Waals surface area contributed by atoms with Crippen molar-refractivity contribution in [2.75, 3.05) is 0 Å². The molecule has 0 radical (unpaired) electrons. The van der Waals surface area contributed by atoms with Crippen molar-refractivity contribution in [1.82, 2.24) is 9.78 Å². The molecule has 132 valence electrons. The van der Waals surface area contributed by atoms with Crippen LogP contribution < -0.4 is 0 Å². The van der Waals surface area contributed by atoms with Gasteiger partial charge in [0.1, 0.15) is 0 Å². The number of hydrogen-bond donors (Lipinski definition) is 0. The van der Waals surface area contributed by atoms with E-state index in [9.17, 15) is 0 Å². The second-order valence-corrected chi connectivity index (χ2v) is 8.99. The van der Waals surface area contributed by atoms with Gasteiger partial charge in [0.2, 0.25) is 0 Å². The number of rotatable bonds is 3. The van der Waals surface area contributed by atoms with Crippen molar-refractivity contribution in [2.24, 2.45) is 5.41 Å². The number of benzene rings is 2. The fraction of sp³-hybridized carbons (Fsp3) is 0.348. The quantitative estimate of drug-likeness (QED) is 0.387. The zero-order valence-electron chi connectivity index (χ0n) is 15.4. The van der Waals surface area contributed by atoms with Crippen LogP contribution >= 0.6 is 11.3 Å². The maximum absolute atomic E-state index is 4.64. The molecule has 1 aliphatic carbocycles. The highest BCUT2D eigenvalue weighted by Crippen LogP contribution is 2.48. The van der Waals surface area contributed by atoms with Crippen molar-refractivity contribution in [2.45, 2.75) is 45.4 Å². The van der Waals surface area contributed by atoms with Gasteiger partial charge in [0.25, 0.3) is 0 Å². The smallest absolute Gasteiger partial charge is 0.0838 e. The van der Waals surface area contributed by atoms with Crippen LogP contribution in [0.25, 0.3) is 26.7 Å². The van der Waals surface area contributed by atoms with Crippen molar-refractivity contribution in [3.8, 4) is 5.69 Å². The molecule has 1 saturated carbocycles. The van der Waals surface area contributed by atoms with Crippen LogP contribution in [0.4, 0.5) is 0 Å². The molecule has 0 bridgehead atoms. The third kappa shape index (κ3) is 2.41. The number of hydrogen-bond acceptors (Lipinski definition) is 2. The van der Waals surface area contributed by atoms with E-state index < -0.39 is 0 Å². The predicted molar refractivity (Wildman–Crippen MR) is 111 cm³/mol. The van der Waals surface area contributed by atoms with Gasteiger partial charge >= 0.3 is 0 Å². The lowest BCUT2D eigenvalue weighted by Gasteiger charge is -2.31. The molecule has 2 nitrogen and oxygen atoms in total. The Hall–Kier alpha value is -2.13. The van der Waals surface area contributed by atoms with E-state index in [1.165, 1.54) is 57.9 Å². The van der Waals surface area contributed by atoms with Crippen LogP contribution in [0, 0.1) is 5.41 Å². The van der Waals surface area contributed by atoms with Gasteiger partial charge in [-0.2, -0.15) is 5.10 Å². The molecule has 2 heterocycles. The van der Waals surface area contributed by atoms with E-state index in [1.807, 2.05) is 17.5 Å². The molecule has 1 unspecified atom stereocenters. The molecule has 2 aromatic heterocycles. The Balaban J connectivity index is 1.58. The van der Waals surface area contributed by atoms with Crippen LogP contribution in [-0.2, 0) is 0 Å². The summed E-state index contributed by atoms with van der Waals surface area (Å²) >= 11 is 1.83. The van der Waals surface area contributed by atoms with E-state index in [0.29, 0.717) is 11.3 Å². The lowest BCUT2D eigenvalue weighted by Crippen LogP contribution is -2.19. The number of aromatic nitrogens is 2. The molecule has 0 saturated heterocycles. The first-order valence-corrected chi connectivity index (χ1v) is 10.5. The van der Waals surface area contributed by atoms with E-state index in [4.69, 9.17) is 0 Å². The maximum Gasteiger partial charge on any atom is 0.0838 e. The average Bonchev–Trinajstić information content (AvgIpc) is 3.38. The van der Waals surface area contributed by atoms with Crippen LogP contribution in [-0.4, -0.2) is 9.78 Å². The van der Waals surface area contributed by atoms with Gasteiger partial charge in [-0.1, -0.05) is 57.0 Å². The Morgan fingerprint density at radius 2 is 1.92 bits per heavy atom. The molecular weight excluding hydrogens is 336 g/mol.